The molecule has 0 aromatic carbocycles. The fourth-order valence-corrected chi connectivity index (χ4v) is 1.65. The fourth-order valence-electron chi connectivity index (χ4n) is 1.20. The summed E-state index contributed by atoms with van der Waals surface area (Å²) in [5.74, 6) is 0.0911. The van der Waals surface area contributed by atoms with Crippen molar-refractivity contribution in [3.05, 3.63) is 0 Å². The summed E-state index contributed by atoms with van der Waals surface area (Å²) in [5.41, 5.74) is -5.33. The Kier molecular flexibility index (Phi) is 3.96. The molecule has 4 nitrogen and oxygen atoms in total. The molecule has 90 valence electrons. The maximum atomic E-state index is 11.8. The number of halogens is 3. The van der Waals surface area contributed by atoms with Crippen LogP contribution in [0.15, 0.2) is 0 Å². The highest BCUT2D eigenvalue weighted by Crippen LogP contribution is 2.25. The second-order valence-electron chi connectivity index (χ2n) is 3.24. The zero-order valence-electron chi connectivity index (χ0n) is 7.79. The molecule has 0 amide bonds. The average molecular weight is 248 g/mol. The highest BCUT2D eigenvalue weighted by Gasteiger charge is 2.47. The highest BCUT2D eigenvalue weighted by molar-refractivity contribution is 7.87. The third-order valence-corrected chi connectivity index (χ3v) is 3.12. The molecule has 1 unspecified atom stereocenters. The van der Waals surface area contributed by atoms with Crippen molar-refractivity contribution in [2.24, 2.45) is 5.92 Å². The van der Waals surface area contributed by atoms with Gasteiger partial charge in [-0.2, -0.15) is 21.6 Å². The number of ether oxygens (including phenoxy) is 1. The van der Waals surface area contributed by atoms with Crippen molar-refractivity contribution in [1.29, 1.82) is 0 Å². The van der Waals surface area contributed by atoms with Crippen molar-refractivity contribution < 1.29 is 30.5 Å². The molecule has 1 atom stereocenters. The molecule has 1 rings (SSSR count). The Bertz CT molecular complexity index is 292. The van der Waals surface area contributed by atoms with Gasteiger partial charge in [0.25, 0.3) is 0 Å². The molecule has 1 aliphatic rings. The first-order valence-electron chi connectivity index (χ1n) is 4.36. The van der Waals surface area contributed by atoms with Crippen LogP contribution in [0.5, 0.6) is 0 Å². The van der Waals surface area contributed by atoms with Crippen LogP contribution in [0.1, 0.15) is 12.8 Å². The van der Waals surface area contributed by atoms with Gasteiger partial charge in [0.05, 0.1) is 6.61 Å². The van der Waals surface area contributed by atoms with Crippen LogP contribution in [0.3, 0.4) is 0 Å². The predicted octanol–water partition coefficient (Wildman–Crippen LogP) is 1.28. The second-order valence-corrected chi connectivity index (χ2v) is 4.85. The zero-order valence-corrected chi connectivity index (χ0v) is 8.60. The molecule has 0 aromatic rings. The van der Waals surface area contributed by atoms with E-state index in [1.54, 1.807) is 0 Å². The van der Waals surface area contributed by atoms with Gasteiger partial charge in [-0.25, -0.2) is 0 Å². The van der Waals surface area contributed by atoms with Crippen LogP contribution in [-0.2, 0) is 19.0 Å². The molecule has 0 aliphatic carbocycles. The summed E-state index contributed by atoms with van der Waals surface area (Å²) in [5, 5.41) is 0. The van der Waals surface area contributed by atoms with Crippen molar-refractivity contribution in [2.45, 2.75) is 18.3 Å². The van der Waals surface area contributed by atoms with Gasteiger partial charge in [0, 0.05) is 13.2 Å². The number of alkyl halides is 3. The van der Waals surface area contributed by atoms with Crippen molar-refractivity contribution in [2.75, 3.05) is 19.8 Å². The Morgan fingerprint density at radius 2 is 2.07 bits per heavy atom. The van der Waals surface area contributed by atoms with Gasteiger partial charge in [-0.15, -0.1) is 0 Å². The van der Waals surface area contributed by atoms with Gasteiger partial charge >= 0.3 is 15.6 Å². The largest absolute Gasteiger partial charge is 0.523 e. The molecule has 1 heterocycles. The van der Waals surface area contributed by atoms with E-state index in [1.165, 1.54) is 0 Å². The van der Waals surface area contributed by atoms with Crippen molar-refractivity contribution >= 4 is 10.1 Å². The van der Waals surface area contributed by atoms with Gasteiger partial charge in [0.15, 0.2) is 0 Å². The summed E-state index contributed by atoms with van der Waals surface area (Å²) >= 11 is 0. The number of hydrogen-bond acceptors (Lipinski definition) is 4. The Morgan fingerprint density at radius 3 is 2.53 bits per heavy atom. The van der Waals surface area contributed by atoms with Gasteiger partial charge in [-0.1, -0.05) is 0 Å². The van der Waals surface area contributed by atoms with Crippen LogP contribution in [0.25, 0.3) is 0 Å². The third kappa shape index (κ3) is 3.62. The molecule has 1 aliphatic heterocycles. The number of hydrogen-bond donors (Lipinski definition) is 0. The third-order valence-electron chi connectivity index (χ3n) is 2.07. The molecule has 1 saturated heterocycles. The predicted molar refractivity (Wildman–Crippen MR) is 44.5 cm³/mol. The second kappa shape index (κ2) is 4.67. The molecule has 0 N–H and O–H groups in total. The van der Waals surface area contributed by atoms with E-state index in [-0.39, 0.29) is 12.3 Å². The van der Waals surface area contributed by atoms with Crippen LogP contribution < -0.4 is 0 Å². The smallest absolute Gasteiger partial charge is 0.381 e. The molecule has 8 heteroatoms. The van der Waals surface area contributed by atoms with E-state index in [2.05, 4.69) is 4.18 Å². The van der Waals surface area contributed by atoms with E-state index in [0.29, 0.717) is 13.2 Å². The summed E-state index contributed by atoms with van der Waals surface area (Å²) in [6, 6.07) is 0. The molecule has 15 heavy (non-hydrogen) atoms. The molecule has 0 spiro atoms. The molecule has 0 radical (unpaired) electrons. The van der Waals surface area contributed by atoms with E-state index >= 15 is 0 Å². The Balaban J connectivity index is 2.30. The lowest BCUT2D eigenvalue weighted by atomic mass is 10.1. The first kappa shape index (κ1) is 12.7. The molecule has 0 aromatic heterocycles. The Labute approximate surface area is 85.5 Å². The lowest BCUT2D eigenvalue weighted by Gasteiger charge is -2.10. The molecule has 0 saturated carbocycles. The van der Waals surface area contributed by atoms with Crippen LogP contribution in [0, 0.1) is 5.92 Å². The maximum absolute atomic E-state index is 11.8. The zero-order chi connectivity index (χ0) is 11.5. The SMILES string of the molecule is O=S(=O)(OCCC1CCOC1)C(F)(F)F. The van der Waals surface area contributed by atoms with E-state index in [0.717, 1.165) is 6.42 Å². The summed E-state index contributed by atoms with van der Waals surface area (Å²) in [4.78, 5) is 0. The van der Waals surface area contributed by atoms with Crippen LogP contribution in [0.2, 0.25) is 0 Å². The summed E-state index contributed by atoms with van der Waals surface area (Å²) in [6.07, 6.45) is 0.991. The lowest BCUT2D eigenvalue weighted by Crippen LogP contribution is -2.26. The average Bonchev–Trinajstić information content (AvgIpc) is 2.54. The maximum Gasteiger partial charge on any atom is 0.523 e. The lowest BCUT2D eigenvalue weighted by molar-refractivity contribution is -0.0544. The van der Waals surface area contributed by atoms with Gasteiger partial charge in [0.1, 0.15) is 0 Å². The minimum Gasteiger partial charge on any atom is -0.381 e. The number of rotatable bonds is 4. The van der Waals surface area contributed by atoms with E-state index in [1.807, 2.05) is 0 Å². The van der Waals surface area contributed by atoms with Crippen LogP contribution in [0.4, 0.5) is 13.2 Å². The fraction of sp³-hybridized carbons (Fsp3) is 1.00. The van der Waals surface area contributed by atoms with E-state index < -0.39 is 22.2 Å². The van der Waals surface area contributed by atoms with Gasteiger partial charge in [-0.05, 0) is 18.8 Å². The first-order chi connectivity index (χ1) is 6.83. The van der Waals surface area contributed by atoms with E-state index in [4.69, 9.17) is 4.74 Å². The molecule has 0 bridgehead atoms. The van der Waals surface area contributed by atoms with Gasteiger partial charge in [-0.3, -0.25) is 4.18 Å². The van der Waals surface area contributed by atoms with Crippen LogP contribution in [-0.4, -0.2) is 33.7 Å². The Hall–Kier alpha value is -0.340. The van der Waals surface area contributed by atoms with Crippen molar-refractivity contribution in [3.63, 3.8) is 0 Å². The quantitative estimate of drug-likeness (QED) is 0.555. The van der Waals surface area contributed by atoms with E-state index in [9.17, 15) is 21.6 Å². The highest BCUT2D eigenvalue weighted by atomic mass is 32.2. The molecule has 1 fully saturated rings. The molecular weight excluding hydrogens is 237 g/mol. The standard InChI is InChI=1S/C7H11F3O4S/c8-7(9,10)15(11,12)14-4-2-6-1-3-13-5-6/h6H,1-5H2. The topological polar surface area (TPSA) is 52.6 Å². The van der Waals surface area contributed by atoms with Gasteiger partial charge < -0.3 is 4.74 Å². The van der Waals surface area contributed by atoms with Crippen LogP contribution >= 0.6 is 0 Å². The minimum atomic E-state index is -5.43. The monoisotopic (exact) mass is 248 g/mol. The van der Waals surface area contributed by atoms with Gasteiger partial charge in [0.2, 0.25) is 0 Å². The summed E-state index contributed by atoms with van der Waals surface area (Å²) in [6.45, 7) is 0.571. The normalized spacial score (nSPS) is 23.3. The molecular formula is C7H11F3O4S. The van der Waals surface area contributed by atoms with Crippen molar-refractivity contribution in [3.8, 4) is 0 Å². The summed E-state index contributed by atoms with van der Waals surface area (Å²) < 4.78 is 65.1. The first-order valence-corrected chi connectivity index (χ1v) is 5.77. The Morgan fingerprint density at radius 1 is 1.40 bits per heavy atom. The summed E-state index contributed by atoms with van der Waals surface area (Å²) in [7, 11) is -5.43. The van der Waals surface area contributed by atoms with Crippen molar-refractivity contribution in [1.82, 2.24) is 0 Å². The minimum absolute atomic E-state index is 0.0911.